The molecule has 0 spiro atoms. The molecule has 2 aromatic heterocycles. The van der Waals surface area contributed by atoms with Gasteiger partial charge in [-0.05, 0) is 40.2 Å². The number of hydrogen-bond donors (Lipinski definition) is 2. The van der Waals surface area contributed by atoms with Crippen LogP contribution in [-0.4, -0.2) is 24.3 Å². The van der Waals surface area contributed by atoms with Gasteiger partial charge < -0.3 is 19.3 Å². The quantitative estimate of drug-likeness (QED) is 0.110. The highest BCUT2D eigenvalue weighted by Crippen LogP contribution is 2.41. The second-order valence-electron chi connectivity index (χ2n) is 9.25. The summed E-state index contributed by atoms with van der Waals surface area (Å²) in [6.07, 6.45) is 0. The van der Waals surface area contributed by atoms with Crippen LogP contribution in [0.25, 0.3) is 21.8 Å². The van der Waals surface area contributed by atoms with Gasteiger partial charge in [-0.3, -0.25) is 10.1 Å². The average molecular weight is 584 g/mol. The van der Waals surface area contributed by atoms with E-state index in [-0.39, 0.29) is 35.4 Å². The smallest absolute Gasteiger partial charge is 0.274 e. The number of halogens is 1. The first-order chi connectivity index (χ1) is 20.3. The van der Waals surface area contributed by atoms with Crippen LogP contribution >= 0.6 is 11.6 Å². The van der Waals surface area contributed by atoms with Crippen molar-refractivity contribution in [1.29, 1.82) is 0 Å². The summed E-state index contributed by atoms with van der Waals surface area (Å²) in [5.74, 6) is -0.435. The Bertz CT molecular complexity index is 1950. The number of nitro benzene ring substituents is 1. The molecule has 0 saturated carbocycles. The van der Waals surface area contributed by atoms with Crippen LogP contribution in [0.1, 0.15) is 11.1 Å². The summed E-state index contributed by atoms with van der Waals surface area (Å²) in [5, 5.41) is 38.8. The molecule has 6 rings (SSSR count). The van der Waals surface area contributed by atoms with Crippen LogP contribution < -0.4 is 0 Å². The number of nitro groups is 1. The molecule has 2 heterocycles. The van der Waals surface area contributed by atoms with E-state index in [9.17, 15) is 30.1 Å². The first-order valence-corrected chi connectivity index (χ1v) is 13.0. The van der Waals surface area contributed by atoms with Gasteiger partial charge >= 0.3 is 0 Å². The Morgan fingerprint density at radius 2 is 1.29 bits per heavy atom. The van der Waals surface area contributed by atoms with Gasteiger partial charge in [-0.2, -0.15) is 0 Å². The van der Waals surface area contributed by atoms with E-state index >= 15 is 0 Å². The largest absolute Gasteiger partial charge is 0.493 e. The van der Waals surface area contributed by atoms with Crippen molar-refractivity contribution in [2.75, 3.05) is 0 Å². The van der Waals surface area contributed by atoms with Gasteiger partial charge in [0.1, 0.15) is 0 Å². The zero-order valence-corrected chi connectivity index (χ0v) is 22.5. The lowest BCUT2D eigenvalue weighted by Gasteiger charge is -2.07. The Balaban J connectivity index is 0.000000171. The number of fused-ring (bicyclic) bond motifs is 2. The summed E-state index contributed by atoms with van der Waals surface area (Å²) in [6, 6.07) is 28.1. The van der Waals surface area contributed by atoms with Gasteiger partial charge in [-0.15, -0.1) is 9.81 Å². The fourth-order valence-electron chi connectivity index (χ4n) is 4.83. The highest BCUT2D eigenvalue weighted by atomic mass is 35.5. The molecule has 0 fully saturated rings. The predicted molar refractivity (Wildman–Crippen MR) is 161 cm³/mol. The van der Waals surface area contributed by atoms with Crippen LogP contribution in [0.4, 0.5) is 17.1 Å². The fourth-order valence-corrected chi connectivity index (χ4v) is 5.00. The monoisotopic (exact) mass is 583 g/mol. The van der Waals surface area contributed by atoms with E-state index in [2.05, 4.69) is 10.4 Å². The van der Waals surface area contributed by atoms with Gasteiger partial charge in [0.25, 0.3) is 5.69 Å². The molecule has 0 radical (unpaired) electrons. The molecule has 0 aliphatic carbocycles. The molecule has 0 saturated heterocycles. The number of aromatic nitrogens is 2. The van der Waals surface area contributed by atoms with E-state index in [1.807, 2.05) is 48.5 Å². The number of rotatable bonds is 7. The van der Waals surface area contributed by atoms with E-state index in [0.29, 0.717) is 33.4 Å². The van der Waals surface area contributed by atoms with Crippen LogP contribution in [-0.2, 0) is 13.1 Å². The molecule has 210 valence electrons. The average Bonchev–Trinajstić information content (AvgIpc) is 3.42. The molecular formula is C30H22ClN5O6. The minimum absolute atomic E-state index is 0.0244. The molecule has 0 amide bonds. The highest BCUT2D eigenvalue weighted by Gasteiger charge is 2.21. The SMILES string of the molecule is O=Nc1c(O)n(Cc2ccccc2)c2ccccc12.O=Nc1c(O)n(Cc2ccccc2[N+](=O)[O-])c2ccc(Cl)cc12. The molecule has 6 aromatic rings. The van der Waals surface area contributed by atoms with Crippen molar-refractivity contribution in [1.82, 2.24) is 9.13 Å². The van der Waals surface area contributed by atoms with Gasteiger partial charge in [-0.25, -0.2) is 0 Å². The molecule has 0 unspecified atom stereocenters. The van der Waals surface area contributed by atoms with Crippen LogP contribution in [0.5, 0.6) is 11.8 Å². The van der Waals surface area contributed by atoms with Crippen molar-refractivity contribution in [2.24, 2.45) is 10.4 Å². The molecule has 0 atom stereocenters. The molecule has 4 aromatic carbocycles. The molecule has 12 heteroatoms. The predicted octanol–water partition coefficient (Wildman–Crippen LogP) is 8.15. The summed E-state index contributed by atoms with van der Waals surface area (Å²) in [6.45, 7) is 0.527. The Morgan fingerprint density at radius 3 is 1.98 bits per heavy atom. The molecule has 0 aliphatic heterocycles. The maximum absolute atomic E-state index is 11.1. The molecule has 42 heavy (non-hydrogen) atoms. The second kappa shape index (κ2) is 11.9. The lowest BCUT2D eigenvalue weighted by molar-refractivity contribution is -0.385. The maximum Gasteiger partial charge on any atom is 0.274 e. The normalized spacial score (nSPS) is 10.8. The molecule has 0 bridgehead atoms. The molecular weight excluding hydrogens is 562 g/mol. The summed E-state index contributed by atoms with van der Waals surface area (Å²) >= 11 is 5.91. The fraction of sp³-hybridized carbons (Fsp3) is 0.0667. The van der Waals surface area contributed by atoms with Crippen molar-refractivity contribution in [2.45, 2.75) is 13.1 Å². The minimum atomic E-state index is -0.492. The topological polar surface area (TPSA) is 152 Å². The van der Waals surface area contributed by atoms with Crippen molar-refractivity contribution >= 4 is 50.5 Å². The van der Waals surface area contributed by atoms with Gasteiger partial charge in [0.2, 0.25) is 11.8 Å². The van der Waals surface area contributed by atoms with E-state index in [1.165, 1.54) is 16.7 Å². The van der Waals surface area contributed by atoms with E-state index < -0.39 is 4.92 Å². The Labute approximate surface area is 242 Å². The molecule has 2 N–H and O–H groups in total. The van der Waals surface area contributed by atoms with Crippen LogP contribution in [0.15, 0.2) is 107 Å². The number of hydrogen-bond acceptors (Lipinski definition) is 8. The van der Waals surface area contributed by atoms with Crippen molar-refractivity contribution in [3.8, 4) is 11.8 Å². The Morgan fingerprint density at radius 1 is 0.714 bits per heavy atom. The highest BCUT2D eigenvalue weighted by molar-refractivity contribution is 6.31. The van der Waals surface area contributed by atoms with Gasteiger partial charge in [0, 0.05) is 27.4 Å². The van der Waals surface area contributed by atoms with Crippen LogP contribution in [0, 0.1) is 19.9 Å². The number of aromatic hydroxyl groups is 2. The van der Waals surface area contributed by atoms with E-state index in [0.717, 1.165) is 11.1 Å². The third-order valence-electron chi connectivity index (χ3n) is 6.77. The van der Waals surface area contributed by atoms with Crippen LogP contribution in [0.3, 0.4) is 0 Å². The summed E-state index contributed by atoms with van der Waals surface area (Å²) in [7, 11) is 0. The molecule has 11 nitrogen and oxygen atoms in total. The number of nitroso groups, excluding NO2 is 2. The summed E-state index contributed by atoms with van der Waals surface area (Å²) in [4.78, 5) is 32.5. The Hall–Kier alpha value is -5.55. The van der Waals surface area contributed by atoms with Crippen molar-refractivity contribution < 1.29 is 15.1 Å². The first kappa shape index (κ1) is 28.0. The zero-order chi connectivity index (χ0) is 29.8. The molecule has 0 aliphatic rings. The minimum Gasteiger partial charge on any atom is -0.493 e. The van der Waals surface area contributed by atoms with E-state index in [4.69, 9.17) is 11.6 Å². The summed E-state index contributed by atoms with van der Waals surface area (Å²) in [5.41, 5.74) is 2.67. The van der Waals surface area contributed by atoms with Crippen LogP contribution in [0.2, 0.25) is 5.02 Å². The van der Waals surface area contributed by atoms with Gasteiger partial charge in [0.15, 0.2) is 11.4 Å². The van der Waals surface area contributed by atoms with Crippen molar-refractivity contribution in [3.05, 3.63) is 133 Å². The van der Waals surface area contributed by atoms with Gasteiger partial charge in [-0.1, -0.05) is 78.3 Å². The van der Waals surface area contributed by atoms with E-state index in [1.54, 1.807) is 41.0 Å². The maximum atomic E-state index is 11.1. The lowest BCUT2D eigenvalue weighted by Crippen LogP contribution is -2.02. The number of benzene rings is 4. The zero-order valence-electron chi connectivity index (χ0n) is 21.8. The Kier molecular flexibility index (Phi) is 7.93. The second-order valence-corrected chi connectivity index (χ2v) is 9.69. The third kappa shape index (κ3) is 5.28. The number of nitrogens with zero attached hydrogens (tertiary/aromatic N) is 5. The lowest BCUT2D eigenvalue weighted by atomic mass is 10.2. The van der Waals surface area contributed by atoms with Crippen molar-refractivity contribution in [3.63, 3.8) is 0 Å². The van der Waals surface area contributed by atoms with Gasteiger partial charge in [0.05, 0.1) is 29.0 Å². The third-order valence-corrected chi connectivity index (χ3v) is 7.01. The summed E-state index contributed by atoms with van der Waals surface area (Å²) < 4.78 is 3.09. The standard InChI is InChI=1S/C15H10ClN3O4.C15H12N2O2/c16-10-5-6-13-11(7-10)14(17-21)15(20)18(13)8-9-3-1-2-4-12(9)19(22)23;18-15-14(16-19)12-8-4-5-9-13(12)17(15)10-11-6-2-1-3-7-11/h1-7,20H,8H2;1-9,18H,10H2. The number of para-hydroxylation sites is 2. The first-order valence-electron chi connectivity index (χ1n) is 12.6.